The lowest BCUT2D eigenvalue weighted by molar-refractivity contribution is -0.120. The Morgan fingerprint density at radius 3 is 2.71 bits per heavy atom. The summed E-state index contributed by atoms with van der Waals surface area (Å²) in [5, 5.41) is 3.76. The highest BCUT2D eigenvalue weighted by Crippen LogP contribution is 2.39. The third kappa shape index (κ3) is 2.92. The lowest BCUT2D eigenvalue weighted by atomic mass is 10.00. The molecule has 0 fully saturated rings. The van der Waals surface area contributed by atoms with Crippen LogP contribution in [0.15, 0.2) is 42.4 Å². The number of nitrogens with one attached hydrogen (secondary N) is 1. The number of hydrogen-bond donors (Lipinski definition) is 1. The normalized spacial score (nSPS) is 17.0. The molecule has 2 aromatic rings. The first-order valence-electron chi connectivity index (χ1n) is 7.13. The first-order chi connectivity index (χ1) is 11.5. The molecule has 0 saturated carbocycles. The van der Waals surface area contributed by atoms with E-state index in [1.165, 1.54) is 0 Å². The molecule has 1 unspecified atom stereocenters. The molecule has 3 rings (SSSR count). The summed E-state index contributed by atoms with van der Waals surface area (Å²) >= 11 is 12.1. The van der Waals surface area contributed by atoms with Crippen molar-refractivity contribution in [2.75, 3.05) is 14.2 Å². The van der Waals surface area contributed by atoms with Crippen molar-refractivity contribution in [2.24, 2.45) is 0 Å². The van der Waals surface area contributed by atoms with Crippen molar-refractivity contribution in [3.05, 3.63) is 63.7 Å². The van der Waals surface area contributed by atoms with E-state index in [0.717, 1.165) is 0 Å². The summed E-state index contributed by atoms with van der Waals surface area (Å²) in [7, 11) is 3.23. The van der Waals surface area contributed by atoms with Gasteiger partial charge in [-0.1, -0.05) is 29.3 Å². The first kappa shape index (κ1) is 16.6. The Balaban J connectivity index is 2.02. The zero-order valence-corrected chi connectivity index (χ0v) is 14.5. The largest absolute Gasteiger partial charge is 0.497 e. The lowest BCUT2D eigenvalue weighted by Gasteiger charge is -2.13. The Morgan fingerprint density at radius 2 is 2.04 bits per heavy atom. The highest BCUT2D eigenvalue weighted by atomic mass is 35.5. The molecule has 0 radical (unpaired) electrons. The van der Waals surface area contributed by atoms with Gasteiger partial charge in [-0.15, -0.1) is 0 Å². The van der Waals surface area contributed by atoms with Crippen LogP contribution in [0.25, 0.3) is 5.57 Å². The zero-order chi connectivity index (χ0) is 17.3. The predicted molar refractivity (Wildman–Crippen MR) is 92.1 cm³/mol. The molecule has 0 aliphatic carbocycles. The maximum Gasteiger partial charge on any atom is 0.215 e. The van der Waals surface area contributed by atoms with Gasteiger partial charge in [0.05, 0.1) is 12.8 Å². The van der Waals surface area contributed by atoms with Gasteiger partial charge in [0.25, 0.3) is 0 Å². The van der Waals surface area contributed by atoms with E-state index in [-0.39, 0.29) is 5.78 Å². The number of hydrogen-bond acceptors (Lipinski definition) is 5. The molecule has 2 heterocycles. The maximum absolute atomic E-state index is 12.9. The van der Waals surface area contributed by atoms with E-state index in [1.54, 1.807) is 50.7 Å². The second-order valence-electron chi connectivity index (χ2n) is 5.06. The Kier molecular flexibility index (Phi) is 4.64. The number of carbonyl (C=O) groups excluding carboxylic acids is 1. The van der Waals surface area contributed by atoms with Crippen molar-refractivity contribution >= 4 is 34.6 Å². The van der Waals surface area contributed by atoms with Crippen LogP contribution in [0.4, 0.5) is 0 Å². The molecule has 1 aliphatic heterocycles. The molecule has 0 bridgehead atoms. The van der Waals surface area contributed by atoms with Crippen molar-refractivity contribution in [3.8, 4) is 5.75 Å². The molecule has 0 spiro atoms. The maximum atomic E-state index is 12.9. The summed E-state index contributed by atoms with van der Waals surface area (Å²) in [6.07, 6.45) is 0.727. The van der Waals surface area contributed by atoms with Crippen LogP contribution < -0.4 is 10.1 Å². The van der Waals surface area contributed by atoms with Crippen LogP contribution in [0.1, 0.15) is 17.4 Å². The number of ketones is 1. The van der Waals surface area contributed by atoms with Gasteiger partial charge in [0.1, 0.15) is 11.3 Å². The molecular formula is C17H14Cl2N2O3. The Labute approximate surface area is 149 Å². The minimum atomic E-state index is -0.847. The van der Waals surface area contributed by atoms with Crippen molar-refractivity contribution in [2.45, 2.75) is 6.10 Å². The summed E-state index contributed by atoms with van der Waals surface area (Å²) in [5.41, 5.74) is 1.38. The number of benzene rings is 1. The van der Waals surface area contributed by atoms with Crippen molar-refractivity contribution in [1.82, 2.24) is 10.3 Å². The Morgan fingerprint density at radius 1 is 1.25 bits per heavy atom. The number of nitrogens with zero attached hydrogens (tertiary/aromatic N) is 1. The van der Waals surface area contributed by atoms with E-state index in [0.29, 0.717) is 38.5 Å². The van der Waals surface area contributed by atoms with Crippen LogP contribution in [0, 0.1) is 0 Å². The fourth-order valence-corrected chi connectivity index (χ4v) is 3.00. The van der Waals surface area contributed by atoms with Crippen LogP contribution in [0.3, 0.4) is 0 Å². The molecule has 1 aliphatic rings. The molecule has 7 heteroatoms. The number of ether oxygens (including phenoxy) is 2. The quantitative estimate of drug-likeness (QED) is 0.897. The van der Waals surface area contributed by atoms with Gasteiger partial charge in [-0.2, -0.15) is 0 Å². The first-order valence-corrected chi connectivity index (χ1v) is 7.89. The van der Waals surface area contributed by atoms with Gasteiger partial charge in [-0.25, -0.2) is 0 Å². The monoisotopic (exact) mass is 364 g/mol. The number of Topliss-reactive ketones (excluding diaryl/α,β-unsaturated/α-hetero) is 1. The van der Waals surface area contributed by atoms with Gasteiger partial charge >= 0.3 is 0 Å². The number of aromatic nitrogens is 1. The summed E-state index contributed by atoms with van der Waals surface area (Å²) in [6.45, 7) is 0. The number of methoxy groups -OCH3 is 1. The molecule has 0 saturated heterocycles. The average Bonchev–Trinajstić information content (AvgIpc) is 2.91. The number of carbonyl (C=O) groups is 1. The molecule has 1 aromatic carbocycles. The van der Waals surface area contributed by atoms with Gasteiger partial charge in [0.2, 0.25) is 11.7 Å². The molecule has 5 nitrogen and oxygen atoms in total. The summed E-state index contributed by atoms with van der Waals surface area (Å²) in [5.74, 6) is 0.713. The Bertz CT molecular complexity index is 836. The van der Waals surface area contributed by atoms with Gasteiger partial charge in [0.15, 0.2) is 6.10 Å². The highest BCUT2D eigenvalue weighted by Gasteiger charge is 2.38. The molecule has 1 atom stereocenters. The fourth-order valence-electron chi connectivity index (χ4n) is 2.49. The van der Waals surface area contributed by atoms with E-state index < -0.39 is 6.10 Å². The molecule has 1 N–H and O–H groups in total. The molecule has 124 valence electrons. The van der Waals surface area contributed by atoms with Gasteiger partial charge in [-0.05, 0) is 18.2 Å². The predicted octanol–water partition coefficient (Wildman–Crippen LogP) is 3.63. The van der Waals surface area contributed by atoms with Crippen LogP contribution >= 0.6 is 23.2 Å². The Hall–Kier alpha value is -2.24. The average molecular weight is 365 g/mol. The van der Waals surface area contributed by atoms with Crippen LogP contribution in [-0.2, 0) is 9.53 Å². The van der Waals surface area contributed by atoms with Crippen LogP contribution in [0.2, 0.25) is 10.0 Å². The van der Waals surface area contributed by atoms with E-state index in [1.807, 2.05) is 0 Å². The second kappa shape index (κ2) is 6.71. The molecular weight excluding hydrogens is 351 g/mol. The smallest absolute Gasteiger partial charge is 0.215 e. The summed E-state index contributed by atoms with van der Waals surface area (Å²) in [4.78, 5) is 17.2. The van der Waals surface area contributed by atoms with Gasteiger partial charge in [-0.3, -0.25) is 9.78 Å². The van der Waals surface area contributed by atoms with Gasteiger partial charge in [0, 0.05) is 34.9 Å². The fraction of sp³-hybridized carbons (Fsp3) is 0.176. The number of rotatable bonds is 4. The topological polar surface area (TPSA) is 60.5 Å². The highest BCUT2D eigenvalue weighted by molar-refractivity contribution is 6.35. The third-order valence-electron chi connectivity index (χ3n) is 3.64. The van der Waals surface area contributed by atoms with Crippen molar-refractivity contribution in [1.29, 1.82) is 0 Å². The zero-order valence-electron chi connectivity index (χ0n) is 13.0. The lowest BCUT2D eigenvalue weighted by Crippen LogP contribution is -2.11. The van der Waals surface area contributed by atoms with Crippen LogP contribution in [0.5, 0.6) is 5.75 Å². The standard InChI is InChI=1S/C17H14Cl2N2O3/c1-20-17-14(13-8-10(23-2)5-6-21-13)15(22)16(24-17)11-4-3-9(18)7-12(11)19/h3-8,16,20H,1-2H3. The van der Waals surface area contributed by atoms with E-state index in [4.69, 9.17) is 32.7 Å². The van der Waals surface area contributed by atoms with E-state index >= 15 is 0 Å². The third-order valence-corrected chi connectivity index (χ3v) is 4.20. The second-order valence-corrected chi connectivity index (χ2v) is 5.91. The molecule has 24 heavy (non-hydrogen) atoms. The SMILES string of the molecule is CNC1=C(c2cc(OC)ccn2)C(=O)C(c2ccc(Cl)cc2Cl)O1. The minimum Gasteiger partial charge on any atom is -0.497 e. The number of halogens is 2. The van der Waals surface area contributed by atoms with E-state index in [2.05, 4.69) is 10.3 Å². The minimum absolute atomic E-state index is 0.232. The van der Waals surface area contributed by atoms with E-state index in [9.17, 15) is 4.79 Å². The van der Waals surface area contributed by atoms with Crippen LogP contribution in [-0.4, -0.2) is 24.9 Å². The summed E-state index contributed by atoms with van der Waals surface area (Å²) in [6, 6.07) is 8.31. The van der Waals surface area contributed by atoms with Crippen molar-refractivity contribution < 1.29 is 14.3 Å². The van der Waals surface area contributed by atoms with Gasteiger partial charge < -0.3 is 14.8 Å². The molecule has 0 amide bonds. The van der Waals surface area contributed by atoms with Crippen molar-refractivity contribution in [3.63, 3.8) is 0 Å². The summed E-state index contributed by atoms with van der Waals surface area (Å²) < 4.78 is 11.0. The number of pyridine rings is 1. The molecule has 1 aromatic heterocycles.